The van der Waals surface area contributed by atoms with Gasteiger partial charge in [0.05, 0.1) is 24.9 Å². The minimum atomic E-state index is -0.0543. The predicted octanol–water partition coefficient (Wildman–Crippen LogP) is 0.909. The van der Waals surface area contributed by atoms with Crippen LogP contribution in [0, 0.1) is 6.92 Å². The van der Waals surface area contributed by atoms with Gasteiger partial charge in [-0.1, -0.05) is 0 Å². The van der Waals surface area contributed by atoms with Gasteiger partial charge in [-0.2, -0.15) is 5.10 Å². The van der Waals surface area contributed by atoms with E-state index in [4.69, 9.17) is 4.74 Å². The highest BCUT2D eigenvalue weighted by molar-refractivity contribution is 5.81. The molecule has 0 aromatic carbocycles. The van der Waals surface area contributed by atoms with E-state index in [9.17, 15) is 4.79 Å². The molecule has 24 heavy (non-hydrogen) atoms. The number of likely N-dealkylation sites (tertiary alicyclic amines) is 1. The number of morpholine rings is 1. The van der Waals surface area contributed by atoms with Crippen molar-refractivity contribution >= 4 is 11.7 Å². The summed E-state index contributed by atoms with van der Waals surface area (Å²) in [5.41, 5.74) is 0.915. The fourth-order valence-corrected chi connectivity index (χ4v) is 3.31. The normalized spacial score (nSPS) is 21.5. The molecule has 1 aromatic rings. The molecule has 1 N–H and O–H groups in total. The number of hydrogen-bond donors (Lipinski definition) is 1. The van der Waals surface area contributed by atoms with Gasteiger partial charge in [0.1, 0.15) is 5.82 Å². The lowest BCUT2D eigenvalue weighted by atomic mass is 10.0. The van der Waals surface area contributed by atoms with Gasteiger partial charge in [-0.3, -0.25) is 9.69 Å². The van der Waals surface area contributed by atoms with Gasteiger partial charge in [-0.25, -0.2) is 0 Å². The molecule has 0 unspecified atom stereocenters. The van der Waals surface area contributed by atoms with Crippen molar-refractivity contribution in [2.75, 3.05) is 44.7 Å². The van der Waals surface area contributed by atoms with Crippen LogP contribution in [-0.4, -0.2) is 77.4 Å². The van der Waals surface area contributed by atoms with Crippen LogP contribution >= 0.6 is 0 Å². The van der Waals surface area contributed by atoms with Crippen LogP contribution in [0.1, 0.15) is 25.5 Å². The molecule has 2 saturated heterocycles. The van der Waals surface area contributed by atoms with Crippen molar-refractivity contribution in [3.05, 3.63) is 17.8 Å². The maximum Gasteiger partial charge on any atom is 0.239 e. The van der Waals surface area contributed by atoms with Crippen molar-refractivity contribution in [1.29, 1.82) is 0 Å². The Morgan fingerprint density at radius 1 is 1.21 bits per heavy atom. The van der Waals surface area contributed by atoms with E-state index in [0.29, 0.717) is 6.04 Å². The summed E-state index contributed by atoms with van der Waals surface area (Å²) in [4.78, 5) is 16.9. The first-order valence-electron chi connectivity index (χ1n) is 8.81. The SMILES string of the molecule is Cc1ccc(NC2CCN(C(=O)[C@H](C)N3CCOCC3)CC2)nn1. The lowest BCUT2D eigenvalue weighted by Gasteiger charge is -2.38. The fourth-order valence-electron chi connectivity index (χ4n) is 3.31. The molecule has 1 aromatic heterocycles. The second kappa shape index (κ2) is 7.90. The number of carbonyl (C=O) groups excluding carboxylic acids is 1. The average molecular weight is 333 g/mol. The minimum Gasteiger partial charge on any atom is -0.379 e. The molecule has 3 rings (SSSR count). The monoisotopic (exact) mass is 333 g/mol. The van der Waals surface area contributed by atoms with Gasteiger partial charge in [0.25, 0.3) is 0 Å². The summed E-state index contributed by atoms with van der Waals surface area (Å²) < 4.78 is 5.37. The predicted molar refractivity (Wildman–Crippen MR) is 91.8 cm³/mol. The van der Waals surface area contributed by atoms with Crippen LogP contribution < -0.4 is 5.32 Å². The Bertz CT molecular complexity index is 536. The molecular formula is C17H27N5O2. The van der Waals surface area contributed by atoms with Gasteiger partial charge >= 0.3 is 0 Å². The third kappa shape index (κ3) is 4.21. The zero-order valence-electron chi connectivity index (χ0n) is 14.6. The number of aromatic nitrogens is 2. The van der Waals surface area contributed by atoms with Crippen LogP contribution in [0.4, 0.5) is 5.82 Å². The largest absolute Gasteiger partial charge is 0.379 e. The summed E-state index contributed by atoms with van der Waals surface area (Å²) in [6, 6.07) is 4.21. The van der Waals surface area contributed by atoms with Crippen LogP contribution in [-0.2, 0) is 9.53 Å². The van der Waals surface area contributed by atoms with E-state index < -0.39 is 0 Å². The maximum atomic E-state index is 12.7. The van der Waals surface area contributed by atoms with E-state index in [1.54, 1.807) is 0 Å². The Labute approximate surface area is 143 Å². The molecule has 0 spiro atoms. The molecule has 2 fully saturated rings. The van der Waals surface area contributed by atoms with Gasteiger partial charge in [0.15, 0.2) is 0 Å². The van der Waals surface area contributed by atoms with Gasteiger partial charge < -0.3 is 15.0 Å². The number of ether oxygens (including phenoxy) is 1. The van der Waals surface area contributed by atoms with Crippen LogP contribution in [0.5, 0.6) is 0 Å². The molecule has 7 nitrogen and oxygen atoms in total. The van der Waals surface area contributed by atoms with Crippen molar-refractivity contribution in [3.63, 3.8) is 0 Å². The molecule has 132 valence electrons. The van der Waals surface area contributed by atoms with Crippen molar-refractivity contribution < 1.29 is 9.53 Å². The van der Waals surface area contributed by atoms with Crippen molar-refractivity contribution in [2.24, 2.45) is 0 Å². The minimum absolute atomic E-state index is 0.0543. The zero-order chi connectivity index (χ0) is 16.9. The van der Waals surface area contributed by atoms with E-state index in [2.05, 4.69) is 20.4 Å². The number of hydrogen-bond acceptors (Lipinski definition) is 6. The topological polar surface area (TPSA) is 70.6 Å². The number of nitrogens with zero attached hydrogens (tertiary/aromatic N) is 4. The zero-order valence-corrected chi connectivity index (χ0v) is 14.6. The number of aryl methyl sites for hydroxylation is 1. The van der Waals surface area contributed by atoms with Crippen molar-refractivity contribution in [3.8, 4) is 0 Å². The molecule has 0 radical (unpaired) electrons. The number of rotatable bonds is 4. The van der Waals surface area contributed by atoms with E-state index in [1.807, 2.05) is 30.9 Å². The summed E-state index contributed by atoms with van der Waals surface area (Å²) in [5, 5.41) is 11.6. The standard InChI is InChI=1S/C17H27N5O2/c1-13-3-4-16(20-19-13)18-15-5-7-22(8-6-15)17(23)14(2)21-9-11-24-12-10-21/h3-4,14-15H,5-12H2,1-2H3,(H,18,20)/t14-/m0/s1. The van der Waals surface area contributed by atoms with Crippen LogP contribution in [0.2, 0.25) is 0 Å². The second-order valence-electron chi connectivity index (χ2n) is 6.63. The van der Waals surface area contributed by atoms with E-state index >= 15 is 0 Å². The quantitative estimate of drug-likeness (QED) is 0.883. The first-order valence-corrected chi connectivity index (χ1v) is 8.81. The summed E-state index contributed by atoms with van der Waals surface area (Å²) in [6.45, 7) is 8.67. The Balaban J connectivity index is 1.47. The highest BCUT2D eigenvalue weighted by atomic mass is 16.5. The Morgan fingerprint density at radius 2 is 1.92 bits per heavy atom. The fraction of sp³-hybridized carbons (Fsp3) is 0.706. The molecule has 0 aliphatic carbocycles. The van der Waals surface area contributed by atoms with Crippen molar-refractivity contribution in [1.82, 2.24) is 20.0 Å². The number of amides is 1. The van der Waals surface area contributed by atoms with Gasteiger partial charge in [-0.15, -0.1) is 5.10 Å². The average Bonchev–Trinajstić information content (AvgIpc) is 2.64. The van der Waals surface area contributed by atoms with E-state index in [-0.39, 0.29) is 11.9 Å². The number of piperidine rings is 1. The summed E-state index contributed by atoms with van der Waals surface area (Å²) >= 11 is 0. The summed E-state index contributed by atoms with van der Waals surface area (Å²) in [5.74, 6) is 1.05. The second-order valence-corrected chi connectivity index (χ2v) is 6.63. The van der Waals surface area contributed by atoms with Gasteiger partial charge in [-0.05, 0) is 38.8 Å². The number of anilines is 1. The molecule has 3 heterocycles. The van der Waals surface area contributed by atoms with Crippen LogP contribution in [0.15, 0.2) is 12.1 Å². The van der Waals surface area contributed by atoms with Crippen LogP contribution in [0.25, 0.3) is 0 Å². The number of nitrogens with one attached hydrogen (secondary N) is 1. The molecule has 0 bridgehead atoms. The third-order valence-electron chi connectivity index (χ3n) is 4.91. The van der Waals surface area contributed by atoms with Crippen molar-refractivity contribution in [2.45, 2.75) is 38.8 Å². The van der Waals surface area contributed by atoms with E-state index in [0.717, 1.165) is 63.7 Å². The maximum absolute atomic E-state index is 12.7. The highest BCUT2D eigenvalue weighted by Crippen LogP contribution is 2.17. The Kier molecular flexibility index (Phi) is 5.63. The first-order chi connectivity index (χ1) is 11.6. The number of carbonyl (C=O) groups is 1. The molecule has 1 amide bonds. The highest BCUT2D eigenvalue weighted by Gasteiger charge is 2.30. The smallest absolute Gasteiger partial charge is 0.239 e. The summed E-state index contributed by atoms with van der Waals surface area (Å²) in [7, 11) is 0. The molecule has 2 aliphatic heterocycles. The van der Waals surface area contributed by atoms with Gasteiger partial charge in [0, 0.05) is 32.2 Å². The van der Waals surface area contributed by atoms with Crippen LogP contribution in [0.3, 0.4) is 0 Å². The first kappa shape index (κ1) is 17.1. The summed E-state index contributed by atoms with van der Waals surface area (Å²) in [6.07, 6.45) is 1.88. The molecule has 2 aliphatic rings. The third-order valence-corrected chi connectivity index (χ3v) is 4.91. The molecule has 0 saturated carbocycles. The lowest BCUT2D eigenvalue weighted by molar-refractivity contribution is -0.139. The molecular weight excluding hydrogens is 306 g/mol. The Morgan fingerprint density at radius 3 is 2.54 bits per heavy atom. The van der Waals surface area contributed by atoms with Gasteiger partial charge in [0.2, 0.25) is 5.91 Å². The molecule has 7 heteroatoms. The lowest BCUT2D eigenvalue weighted by Crippen LogP contribution is -2.53. The Hall–Kier alpha value is -1.73. The molecule has 1 atom stereocenters. The van der Waals surface area contributed by atoms with E-state index in [1.165, 1.54) is 0 Å².